The lowest BCUT2D eigenvalue weighted by Gasteiger charge is -2.69. The lowest BCUT2D eigenvalue weighted by molar-refractivity contribution is -0.153. The highest BCUT2D eigenvalue weighted by Crippen LogP contribution is 2.88. The maximum Gasteiger partial charge on any atom is -0.0123 e. The number of hydrogen-bond donors (Lipinski definition) is 0. The Morgan fingerprint density at radius 2 is 2.00 bits per heavy atom. The molecule has 6 atom stereocenters. The maximum atomic E-state index is 3.97. The van der Waals surface area contributed by atoms with E-state index in [0.717, 1.165) is 40.2 Å². The van der Waals surface area contributed by atoms with Crippen molar-refractivity contribution in [3.8, 4) is 0 Å². The van der Waals surface area contributed by atoms with Crippen molar-refractivity contribution in [2.24, 2.45) is 35.0 Å². The molecule has 0 aromatic heterocycles. The molecule has 0 heterocycles. The normalized spacial score (nSPS) is 52.3. The van der Waals surface area contributed by atoms with Gasteiger partial charge in [0.1, 0.15) is 0 Å². The average molecular weight is 222 g/mol. The fourth-order valence-electron chi connectivity index (χ4n) is 5.52. The molecule has 0 spiro atoms. The highest BCUT2D eigenvalue weighted by atomic mass is 14.9. The van der Waals surface area contributed by atoms with Crippen molar-refractivity contribution in [3.05, 3.63) is 34.7 Å². The predicted molar refractivity (Wildman–Crippen MR) is 69.4 cm³/mol. The van der Waals surface area contributed by atoms with Gasteiger partial charge in [-0.25, -0.2) is 0 Å². The third-order valence-electron chi connectivity index (χ3n) is 6.51. The van der Waals surface area contributed by atoms with E-state index in [0.29, 0.717) is 0 Å². The molecule has 0 radical (unpaired) electrons. The van der Waals surface area contributed by atoms with Crippen LogP contribution in [0, 0.1) is 35.0 Å². The Morgan fingerprint density at radius 1 is 1.24 bits per heavy atom. The molecule has 0 aliphatic heterocycles. The van der Waals surface area contributed by atoms with Crippen LogP contribution in [0.25, 0.3) is 12.2 Å². The van der Waals surface area contributed by atoms with Crippen molar-refractivity contribution < 1.29 is 0 Å². The van der Waals surface area contributed by atoms with Crippen LogP contribution in [0.4, 0.5) is 0 Å². The summed E-state index contributed by atoms with van der Waals surface area (Å²) in [6.45, 7) is 6.50. The second-order valence-electron chi connectivity index (χ2n) is 7.04. The summed E-state index contributed by atoms with van der Waals surface area (Å²) in [5.74, 6) is 5.40. The van der Waals surface area contributed by atoms with E-state index in [4.69, 9.17) is 0 Å². The summed E-state index contributed by atoms with van der Waals surface area (Å²) in [6, 6.07) is 8.89. The van der Waals surface area contributed by atoms with Crippen LogP contribution in [0.15, 0.2) is 24.3 Å². The summed E-state index contributed by atoms with van der Waals surface area (Å²) >= 11 is 0. The molecule has 1 aromatic carbocycles. The van der Waals surface area contributed by atoms with Crippen molar-refractivity contribution in [3.63, 3.8) is 0 Å². The highest BCUT2D eigenvalue weighted by molar-refractivity contribution is 5.62. The van der Waals surface area contributed by atoms with Crippen LogP contribution in [-0.2, 0) is 0 Å². The number of rotatable bonds is 0. The average Bonchev–Trinajstić information content (AvgIpc) is 2.89. The summed E-state index contributed by atoms with van der Waals surface area (Å²) in [5.41, 5.74) is 2.55. The Morgan fingerprint density at radius 3 is 2.76 bits per heavy atom. The minimum atomic E-state index is 0.782. The van der Waals surface area contributed by atoms with Gasteiger partial charge < -0.3 is 0 Å². The van der Waals surface area contributed by atoms with Gasteiger partial charge in [-0.05, 0) is 58.3 Å². The molecule has 6 unspecified atom stereocenters. The topological polar surface area (TPSA) is 0 Å². The molecule has 0 amide bonds. The number of hydrogen-bond acceptors (Lipinski definition) is 0. The van der Waals surface area contributed by atoms with Gasteiger partial charge in [0, 0.05) is 0 Å². The van der Waals surface area contributed by atoms with Crippen LogP contribution in [0.1, 0.15) is 19.8 Å². The van der Waals surface area contributed by atoms with E-state index >= 15 is 0 Å². The number of benzene rings is 1. The zero-order valence-corrected chi connectivity index (χ0v) is 10.3. The summed E-state index contributed by atoms with van der Waals surface area (Å²) in [5, 5.41) is 2.64. The summed E-state index contributed by atoms with van der Waals surface area (Å²) < 4.78 is 0. The SMILES string of the molecule is C=c1ccc(=C2CC3C2C2C3C3CC32C)cc1. The van der Waals surface area contributed by atoms with E-state index in [1.807, 2.05) is 0 Å². The summed E-state index contributed by atoms with van der Waals surface area (Å²) in [6.07, 6.45) is 2.94. The van der Waals surface area contributed by atoms with E-state index in [1.165, 1.54) is 11.6 Å². The lowest BCUT2D eigenvalue weighted by atomic mass is 9.35. The molecular weight excluding hydrogens is 204 g/mol. The zero-order valence-electron chi connectivity index (χ0n) is 10.3. The monoisotopic (exact) mass is 222 g/mol. The van der Waals surface area contributed by atoms with Crippen LogP contribution in [0.3, 0.4) is 0 Å². The predicted octanol–water partition coefficient (Wildman–Crippen LogP) is 2.17. The van der Waals surface area contributed by atoms with Crippen molar-refractivity contribution in [2.75, 3.05) is 0 Å². The molecular formula is C17H18. The van der Waals surface area contributed by atoms with Crippen molar-refractivity contribution >= 4 is 12.2 Å². The quantitative estimate of drug-likeness (QED) is 0.631. The first-order chi connectivity index (χ1) is 8.20. The van der Waals surface area contributed by atoms with Gasteiger partial charge in [-0.2, -0.15) is 0 Å². The molecule has 4 aliphatic rings. The minimum absolute atomic E-state index is 0.782. The molecule has 0 N–H and O–H groups in total. The largest absolute Gasteiger partial charge is 0.0918 e. The molecule has 0 nitrogen and oxygen atoms in total. The Hall–Kier alpha value is -1.04. The first-order valence-corrected chi connectivity index (χ1v) is 6.98. The molecule has 4 fully saturated rings. The highest BCUT2D eigenvalue weighted by Gasteiger charge is 2.82. The van der Waals surface area contributed by atoms with Gasteiger partial charge in [-0.3, -0.25) is 0 Å². The zero-order chi connectivity index (χ0) is 11.4. The Kier molecular flexibility index (Phi) is 1.26. The second-order valence-corrected chi connectivity index (χ2v) is 7.04. The smallest absolute Gasteiger partial charge is 0.0123 e. The van der Waals surface area contributed by atoms with Crippen molar-refractivity contribution in [1.82, 2.24) is 0 Å². The van der Waals surface area contributed by atoms with Crippen molar-refractivity contribution in [1.29, 1.82) is 0 Å². The molecule has 86 valence electrons. The van der Waals surface area contributed by atoms with Gasteiger partial charge in [0.15, 0.2) is 0 Å². The standard InChI is InChI=1S/C17H18/c1-9-3-5-10(6-4-9)11-7-12-14(11)16-15(12)13-8-17(13,16)2/h3-6,12-16H,1,7-8H2,2H3. The first kappa shape index (κ1) is 8.97. The lowest BCUT2D eigenvalue weighted by Crippen LogP contribution is -2.65. The van der Waals surface area contributed by atoms with Crippen LogP contribution in [-0.4, -0.2) is 0 Å². The van der Waals surface area contributed by atoms with E-state index < -0.39 is 0 Å². The third-order valence-corrected chi connectivity index (χ3v) is 6.51. The Labute approximate surface area is 102 Å². The molecule has 5 rings (SSSR count). The first-order valence-electron chi connectivity index (χ1n) is 6.98. The Bertz CT molecular complexity index is 617. The number of fused-ring (bicyclic) bond motifs is 7. The van der Waals surface area contributed by atoms with Gasteiger partial charge in [0.2, 0.25) is 0 Å². The summed E-state index contributed by atoms with van der Waals surface area (Å²) in [4.78, 5) is 0. The molecule has 0 saturated heterocycles. The maximum absolute atomic E-state index is 3.97. The van der Waals surface area contributed by atoms with E-state index in [1.54, 1.807) is 12.0 Å². The van der Waals surface area contributed by atoms with Gasteiger partial charge in [-0.1, -0.05) is 43.3 Å². The molecule has 0 heteroatoms. The molecule has 17 heavy (non-hydrogen) atoms. The molecule has 4 saturated carbocycles. The van der Waals surface area contributed by atoms with Gasteiger partial charge in [0.25, 0.3) is 0 Å². The van der Waals surface area contributed by atoms with Crippen LogP contribution in [0.2, 0.25) is 0 Å². The van der Waals surface area contributed by atoms with E-state index in [9.17, 15) is 0 Å². The van der Waals surface area contributed by atoms with Gasteiger partial charge in [0.05, 0.1) is 0 Å². The van der Waals surface area contributed by atoms with E-state index in [-0.39, 0.29) is 0 Å². The van der Waals surface area contributed by atoms with Crippen LogP contribution >= 0.6 is 0 Å². The van der Waals surface area contributed by atoms with Crippen LogP contribution < -0.4 is 10.4 Å². The fourth-order valence-corrected chi connectivity index (χ4v) is 5.52. The summed E-state index contributed by atoms with van der Waals surface area (Å²) in [7, 11) is 0. The Balaban J connectivity index is 1.58. The van der Waals surface area contributed by atoms with Gasteiger partial charge >= 0.3 is 0 Å². The second kappa shape index (κ2) is 2.39. The van der Waals surface area contributed by atoms with Crippen LogP contribution in [0.5, 0.6) is 0 Å². The van der Waals surface area contributed by atoms with Crippen molar-refractivity contribution in [2.45, 2.75) is 19.8 Å². The minimum Gasteiger partial charge on any atom is -0.0918 e. The molecule has 0 bridgehead atoms. The third kappa shape index (κ3) is 0.802. The van der Waals surface area contributed by atoms with Gasteiger partial charge in [-0.15, -0.1) is 0 Å². The molecule has 4 aliphatic carbocycles. The molecule has 1 aromatic rings. The fraction of sp³-hybridized carbons (Fsp3) is 0.529. The van der Waals surface area contributed by atoms with E-state index in [2.05, 4.69) is 37.8 Å².